The van der Waals surface area contributed by atoms with Gasteiger partial charge in [0.05, 0.1) is 0 Å². The van der Waals surface area contributed by atoms with Gasteiger partial charge in [-0.1, -0.05) is 161 Å². The van der Waals surface area contributed by atoms with Crippen LogP contribution in [0.2, 0.25) is 0 Å². The normalized spacial score (nSPS) is 12.3. The summed E-state index contributed by atoms with van der Waals surface area (Å²) in [6.45, 7) is 24.9. The minimum Gasteiger partial charge on any atom is -0.311 e. The molecule has 0 aliphatic heterocycles. The smallest absolute Gasteiger partial charge is 0.0463 e. The molecule has 9 aromatic rings. The Bertz CT molecular complexity index is 3210. The van der Waals surface area contributed by atoms with Crippen molar-refractivity contribution in [1.82, 2.24) is 0 Å². The Morgan fingerprint density at radius 1 is 0.329 bits per heavy atom. The van der Waals surface area contributed by atoms with Crippen molar-refractivity contribution >= 4 is 51.2 Å². The van der Waals surface area contributed by atoms with Gasteiger partial charge in [0.1, 0.15) is 0 Å². The van der Waals surface area contributed by atoms with Gasteiger partial charge in [0, 0.05) is 56.6 Å². The number of aryl methyl sites for hydroxylation is 5. The highest BCUT2D eigenvalue weighted by atomic mass is 15.2. The van der Waals surface area contributed by atoms with Crippen LogP contribution in [0.3, 0.4) is 0 Å². The molecule has 0 saturated heterocycles. The van der Waals surface area contributed by atoms with Crippen LogP contribution in [-0.4, -0.2) is 0 Å². The molecule has 2 unspecified atom stereocenters. The van der Waals surface area contributed by atoms with E-state index in [1.807, 2.05) is 0 Å². The zero-order valence-electron chi connectivity index (χ0n) is 45.0. The summed E-state index contributed by atoms with van der Waals surface area (Å²) < 4.78 is 0. The molecule has 0 amide bonds. The van der Waals surface area contributed by atoms with E-state index in [0.717, 1.165) is 64.0 Å². The summed E-state index contributed by atoms with van der Waals surface area (Å²) in [6.07, 6.45) is 2.21. The van der Waals surface area contributed by atoms with E-state index in [9.17, 15) is 0 Å². The molecule has 0 bridgehead atoms. The zero-order valence-corrected chi connectivity index (χ0v) is 45.0. The number of rotatable bonds is 16. The molecule has 9 rings (SSSR count). The third-order valence-electron chi connectivity index (χ3n) is 15.4. The minimum absolute atomic E-state index is 0.141. The molecule has 0 N–H and O–H groups in total. The summed E-state index contributed by atoms with van der Waals surface area (Å²) in [5.74, 6) is 0.945. The van der Waals surface area contributed by atoms with Gasteiger partial charge in [-0.2, -0.15) is 0 Å². The third kappa shape index (κ3) is 10.8. The highest BCUT2D eigenvalue weighted by molar-refractivity contribution is 5.84. The lowest BCUT2D eigenvalue weighted by molar-refractivity contribution is 0.631. The van der Waals surface area contributed by atoms with Gasteiger partial charge in [-0.25, -0.2) is 0 Å². The van der Waals surface area contributed by atoms with E-state index >= 15 is 0 Å². The number of nitrogens with zero attached hydrogens (tertiary/aromatic N) is 3. The first-order chi connectivity index (χ1) is 35.2. The fourth-order valence-electron chi connectivity index (χ4n) is 10.2. The highest BCUT2D eigenvalue weighted by Gasteiger charge is 2.27. The van der Waals surface area contributed by atoms with Gasteiger partial charge in [-0.3, -0.25) is 0 Å². The van der Waals surface area contributed by atoms with Crippen molar-refractivity contribution in [3.63, 3.8) is 0 Å². The second-order valence-electron chi connectivity index (χ2n) is 21.0. The van der Waals surface area contributed by atoms with Crippen molar-refractivity contribution in [2.75, 3.05) is 14.7 Å². The van der Waals surface area contributed by atoms with E-state index < -0.39 is 0 Å². The van der Waals surface area contributed by atoms with Crippen LogP contribution >= 0.6 is 0 Å². The Balaban J connectivity index is 1.05. The second-order valence-corrected chi connectivity index (χ2v) is 21.0. The van der Waals surface area contributed by atoms with Crippen LogP contribution < -0.4 is 14.7 Å². The summed E-state index contributed by atoms with van der Waals surface area (Å²) in [4.78, 5) is 7.06. The Morgan fingerprint density at radius 2 is 0.589 bits per heavy atom. The van der Waals surface area contributed by atoms with E-state index in [2.05, 4.69) is 297 Å². The molecule has 9 aromatic carbocycles. The molecule has 368 valence electrons. The van der Waals surface area contributed by atoms with Crippen LogP contribution in [0.15, 0.2) is 206 Å². The molecule has 73 heavy (non-hydrogen) atoms. The van der Waals surface area contributed by atoms with Gasteiger partial charge in [-0.15, -0.1) is 0 Å². The summed E-state index contributed by atoms with van der Waals surface area (Å²) in [5.41, 5.74) is 24.3. The van der Waals surface area contributed by atoms with Gasteiger partial charge < -0.3 is 14.7 Å². The van der Waals surface area contributed by atoms with Crippen molar-refractivity contribution in [2.45, 2.75) is 106 Å². The van der Waals surface area contributed by atoms with Crippen molar-refractivity contribution in [2.24, 2.45) is 0 Å². The van der Waals surface area contributed by atoms with Gasteiger partial charge >= 0.3 is 0 Å². The molecule has 3 nitrogen and oxygen atoms in total. The number of hydrogen-bond acceptors (Lipinski definition) is 3. The topological polar surface area (TPSA) is 9.72 Å². The second kappa shape index (κ2) is 21.6. The van der Waals surface area contributed by atoms with E-state index in [4.69, 9.17) is 0 Å². The maximum atomic E-state index is 2.50. The summed E-state index contributed by atoms with van der Waals surface area (Å²) >= 11 is 0. The van der Waals surface area contributed by atoms with Crippen molar-refractivity contribution in [3.8, 4) is 11.1 Å². The molecule has 0 radical (unpaired) electrons. The van der Waals surface area contributed by atoms with Gasteiger partial charge in [0.15, 0.2) is 0 Å². The molecule has 0 fully saturated rings. The molecular weight excluding hydrogens is 883 g/mol. The lowest BCUT2D eigenvalue weighted by Crippen LogP contribution is -2.20. The molecule has 0 saturated carbocycles. The minimum atomic E-state index is -0.141. The van der Waals surface area contributed by atoms with Crippen LogP contribution in [0.1, 0.15) is 116 Å². The molecular formula is C70H73N3. The molecule has 3 heteroatoms. The van der Waals surface area contributed by atoms with Crippen LogP contribution in [0, 0.1) is 34.6 Å². The first-order valence-electron chi connectivity index (χ1n) is 26.5. The Morgan fingerprint density at radius 3 is 0.904 bits per heavy atom. The Hall–Kier alpha value is -7.62. The van der Waals surface area contributed by atoms with Gasteiger partial charge in [-0.05, 0) is 207 Å². The quantitative estimate of drug-likeness (QED) is 0.0955. The standard InChI is InChI=1S/C70H73N3/c1-12-52(7)68-46-56(25-22-54(68)9)70(10,11)57-26-45-67(69(47-57)53(8)13-2)55-23-35-62(36-24-55)72(60-31-18-50(5)19-32-60)64-39-43-66(44-40-64)73(61-33-20-51(6)21-34-61)65-41-37-63(38-42-65)71(58-27-14-48(3)15-28-58)59-29-16-49(4)17-30-59/h14-47,52-53H,12-13H2,1-11H3. The number of hydrogen-bond donors (Lipinski definition) is 0. The number of anilines is 9. The lowest BCUT2D eigenvalue weighted by atomic mass is 9.74. The number of benzene rings is 9. The molecule has 2 atom stereocenters. The van der Waals surface area contributed by atoms with Crippen LogP contribution in [0.4, 0.5) is 51.2 Å². The third-order valence-corrected chi connectivity index (χ3v) is 15.4. The predicted molar refractivity (Wildman–Crippen MR) is 316 cm³/mol. The fraction of sp³-hybridized carbons (Fsp3) is 0.229. The highest BCUT2D eigenvalue weighted by Crippen LogP contribution is 2.44. The maximum absolute atomic E-state index is 2.50. The fourth-order valence-corrected chi connectivity index (χ4v) is 10.2. The van der Waals surface area contributed by atoms with Crippen LogP contribution in [0.25, 0.3) is 11.1 Å². The maximum Gasteiger partial charge on any atom is 0.0463 e. The largest absolute Gasteiger partial charge is 0.311 e. The molecule has 0 aliphatic carbocycles. The van der Waals surface area contributed by atoms with Crippen molar-refractivity contribution in [3.05, 3.63) is 256 Å². The summed E-state index contributed by atoms with van der Waals surface area (Å²) in [5, 5.41) is 0. The average Bonchev–Trinajstić information content (AvgIpc) is 3.41. The molecule has 0 heterocycles. The van der Waals surface area contributed by atoms with Crippen LogP contribution in [0.5, 0.6) is 0 Å². The van der Waals surface area contributed by atoms with E-state index in [0.29, 0.717) is 11.8 Å². The molecule has 0 aromatic heterocycles. The van der Waals surface area contributed by atoms with Gasteiger partial charge in [0.25, 0.3) is 0 Å². The Labute approximate surface area is 437 Å². The monoisotopic (exact) mass is 956 g/mol. The van der Waals surface area contributed by atoms with Crippen molar-refractivity contribution in [1.29, 1.82) is 0 Å². The van der Waals surface area contributed by atoms with Gasteiger partial charge in [0.2, 0.25) is 0 Å². The lowest BCUT2D eigenvalue weighted by Gasteiger charge is -2.30. The summed E-state index contributed by atoms with van der Waals surface area (Å²) in [6, 6.07) is 76.9. The molecule has 0 aliphatic rings. The first-order valence-corrected chi connectivity index (χ1v) is 26.5. The molecule has 0 spiro atoms. The summed E-state index contributed by atoms with van der Waals surface area (Å²) in [7, 11) is 0. The van der Waals surface area contributed by atoms with E-state index in [1.54, 1.807) is 0 Å². The zero-order chi connectivity index (χ0) is 51.4. The van der Waals surface area contributed by atoms with Crippen LogP contribution in [-0.2, 0) is 5.41 Å². The predicted octanol–water partition coefficient (Wildman–Crippen LogP) is 20.7. The average molecular weight is 956 g/mol. The Kier molecular flexibility index (Phi) is 14.9. The van der Waals surface area contributed by atoms with E-state index in [1.165, 1.54) is 61.2 Å². The van der Waals surface area contributed by atoms with E-state index in [-0.39, 0.29) is 5.41 Å². The SMILES string of the molecule is CCC(C)c1cc(C(C)(C)c2ccc(-c3ccc(N(c4ccc(C)cc4)c4ccc(N(c5ccc(C)cc5)c5ccc(N(c6ccc(C)cc6)c6ccc(C)cc6)cc5)cc4)cc3)c(C(C)CC)c2)ccc1C. The van der Waals surface area contributed by atoms with Crippen molar-refractivity contribution < 1.29 is 0 Å². The first kappa shape index (κ1) is 50.3.